The Morgan fingerprint density at radius 1 is 1.33 bits per heavy atom. The monoisotopic (exact) mass is 348 g/mol. The fraction of sp³-hybridized carbons (Fsp3) is 0.353. The van der Waals surface area contributed by atoms with E-state index in [-0.39, 0.29) is 29.5 Å². The number of para-hydroxylation sites is 1. The van der Waals surface area contributed by atoms with Crippen molar-refractivity contribution in [2.75, 3.05) is 12.4 Å². The predicted molar refractivity (Wildman–Crippen MR) is 95.0 cm³/mol. The SMILES string of the molecule is CCOC(=O)CCSC(=O)C(N)Cc1cc(=O)[nH]c2ccccc12. The molecule has 6 nitrogen and oxygen atoms in total. The van der Waals surface area contributed by atoms with E-state index in [1.807, 2.05) is 24.3 Å². The Morgan fingerprint density at radius 2 is 2.08 bits per heavy atom. The minimum Gasteiger partial charge on any atom is -0.466 e. The van der Waals surface area contributed by atoms with Crippen LogP contribution in [0.4, 0.5) is 0 Å². The summed E-state index contributed by atoms with van der Waals surface area (Å²) in [6.45, 7) is 2.06. The van der Waals surface area contributed by atoms with Gasteiger partial charge >= 0.3 is 5.97 Å². The Labute approximate surface area is 143 Å². The highest BCUT2D eigenvalue weighted by molar-refractivity contribution is 8.13. The summed E-state index contributed by atoms with van der Waals surface area (Å²) in [5, 5.41) is 0.667. The summed E-state index contributed by atoms with van der Waals surface area (Å²) in [6.07, 6.45) is 0.445. The highest BCUT2D eigenvalue weighted by Crippen LogP contribution is 2.17. The van der Waals surface area contributed by atoms with Crippen LogP contribution in [0, 0.1) is 0 Å². The van der Waals surface area contributed by atoms with Crippen LogP contribution in [-0.4, -0.2) is 34.5 Å². The molecule has 0 saturated heterocycles. The summed E-state index contributed by atoms with van der Waals surface area (Å²) in [5.41, 5.74) is 7.20. The van der Waals surface area contributed by atoms with E-state index in [2.05, 4.69) is 4.98 Å². The van der Waals surface area contributed by atoms with Crippen LogP contribution in [0.15, 0.2) is 35.1 Å². The summed E-state index contributed by atoms with van der Waals surface area (Å²) < 4.78 is 4.81. The largest absolute Gasteiger partial charge is 0.466 e. The lowest BCUT2D eigenvalue weighted by Gasteiger charge is -2.12. The number of fused-ring (bicyclic) bond motifs is 1. The van der Waals surface area contributed by atoms with E-state index in [1.54, 1.807) is 6.92 Å². The van der Waals surface area contributed by atoms with Crippen LogP contribution in [0.5, 0.6) is 0 Å². The van der Waals surface area contributed by atoms with Gasteiger partial charge in [-0.2, -0.15) is 0 Å². The van der Waals surface area contributed by atoms with Crippen molar-refractivity contribution in [2.24, 2.45) is 5.73 Å². The highest BCUT2D eigenvalue weighted by Gasteiger charge is 2.17. The molecular formula is C17H20N2O4S. The van der Waals surface area contributed by atoms with Gasteiger partial charge in [-0.1, -0.05) is 30.0 Å². The smallest absolute Gasteiger partial charge is 0.306 e. The lowest BCUT2D eigenvalue weighted by atomic mass is 10.0. The van der Waals surface area contributed by atoms with Crippen LogP contribution in [-0.2, 0) is 20.7 Å². The van der Waals surface area contributed by atoms with E-state index in [1.165, 1.54) is 6.07 Å². The van der Waals surface area contributed by atoms with Crippen LogP contribution >= 0.6 is 11.8 Å². The lowest BCUT2D eigenvalue weighted by molar-refractivity contribution is -0.142. The normalized spacial score (nSPS) is 12.1. The van der Waals surface area contributed by atoms with Crippen molar-refractivity contribution >= 4 is 33.7 Å². The summed E-state index contributed by atoms with van der Waals surface area (Å²) in [5.74, 6) is 0.00792. The Morgan fingerprint density at radius 3 is 2.83 bits per heavy atom. The van der Waals surface area contributed by atoms with Crippen molar-refractivity contribution in [1.29, 1.82) is 0 Å². The number of hydrogen-bond donors (Lipinski definition) is 2. The fourth-order valence-corrected chi connectivity index (χ4v) is 3.11. The highest BCUT2D eigenvalue weighted by atomic mass is 32.2. The zero-order valence-corrected chi connectivity index (χ0v) is 14.2. The first-order valence-corrected chi connectivity index (χ1v) is 8.68. The average Bonchev–Trinajstić information content (AvgIpc) is 2.54. The number of esters is 1. The van der Waals surface area contributed by atoms with Crippen LogP contribution < -0.4 is 11.3 Å². The van der Waals surface area contributed by atoms with E-state index in [9.17, 15) is 14.4 Å². The Bertz CT molecular complexity index is 787. The van der Waals surface area contributed by atoms with Crippen LogP contribution in [0.3, 0.4) is 0 Å². The van der Waals surface area contributed by atoms with Crippen LogP contribution in [0.25, 0.3) is 10.9 Å². The third-order valence-electron chi connectivity index (χ3n) is 3.43. The molecule has 1 atom stereocenters. The van der Waals surface area contributed by atoms with Crippen molar-refractivity contribution in [3.05, 3.63) is 46.2 Å². The van der Waals surface area contributed by atoms with Gasteiger partial charge in [-0.25, -0.2) is 0 Å². The van der Waals surface area contributed by atoms with Gasteiger partial charge < -0.3 is 15.5 Å². The Hall–Kier alpha value is -2.12. The lowest BCUT2D eigenvalue weighted by Crippen LogP contribution is -2.31. The standard InChI is InChI=1S/C17H20N2O4S/c1-2-23-16(21)7-8-24-17(22)13(18)9-11-10-15(20)19-14-6-4-3-5-12(11)14/h3-6,10,13H,2,7-9,18H2,1H3,(H,19,20). The van der Waals surface area contributed by atoms with E-state index in [0.29, 0.717) is 12.4 Å². The van der Waals surface area contributed by atoms with Crippen molar-refractivity contribution in [2.45, 2.75) is 25.8 Å². The Kier molecular flexibility index (Phi) is 6.57. The van der Waals surface area contributed by atoms with E-state index >= 15 is 0 Å². The third kappa shape index (κ3) is 4.94. The molecule has 128 valence electrons. The Balaban J connectivity index is 1.99. The number of hydrogen-bond acceptors (Lipinski definition) is 6. The molecule has 0 spiro atoms. The van der Waals surface area contributed by atoms with Gasteiger partial charge in [0.2, 0.25) is 10.7 Å². The van der Waals surface area contributed by atoms with Gasteiger partial charge in [0, 0.05) is 22.7 Å². The maximum absolute atomic E-state index is 12.1. The first-order chi connectivity index (χ1) is 11.5. The molecule has 1 heterocycles. The summed E-state index contributed by atoms with van der Waals surface area (Å²) in [7, 11) is 0. The molecule has 0 aliphatic heterocycles. The topological polar surface area (TPSA) is 102 Å². The number of nitrogens with two attached hydrogens (primary N) is 1. The van der Waals surface area contributed by atoms with Gasteiger partial charge in [0.1, 0.15) is 0 Å². The number of carbonyl (C=O) groups excluding carboxylic acids is 2. The van der Waals surface area contributed by atoms with Crippen molar-refractivity contribution < 1.29 is 14.3 Å². The first kappa shape index (κ1) is 18.2. The number of thioether (sulfide) groups is 1. The molecule has 2 aromatic rings. The molecule has 0 fully saturated rings. The quantitative estimate of drug-likeness (QED) is 0.737. The summed E-state index contributed by atoms with van der Waals surface area (Å²) in [4.78, 5) is 37.8. The molecular weight excluding hydrogens is 328 g/mol. The molecule has 1 aromatic carbocycles. The number of pyridine rings is 1. The maximum atomic E-state index is 12.1. The molecule has 0 aliphatic carbocycles. The van der Waals surface area contributed by atoms with E-state index < -0.39 is 6.04 Å². The molecule has 0 saturated carbocycles. The maximum Gasteiger partial charge on any atom is 0.306 e. The second kappa shape index (κ2) is 8.65. The molecule has 0 bridgehead atoms. The molecule has 1 unspecified atom stereocenters. The number of rotatable bonds is 7. The molecule has 7 heteroatoms. The minimum absolute atomic E-state index is 0.172. The number of aromatic nitrogens is 1. The zero-order valence-electron chi connectivity index (χ0n) is 13.4. The fourth-order valence-electron chi connectivity index (χ4n) is 2.34. The number of ether oxygens (including phenoxy) is 1. The molecule has 2 rings (SSSR count). The average molecular weight is 348 g/mol. The van der Waals surface area contributed by atoms with Crippen LogP contribution in [0.1, 0.15) is 18.9 Å². The molecule has 1 aromatic heterocycles. The third-order valence-corrected chi connectivity index (χ3v) is 4.43. The van der Waals surface area contributed by atoms with Gasteiger partial charge in [0.05, 0.1) is 19.1 Å². The van der Waals surface area contributed by atoms with Crippen molar-refractivity contribution in [3.8, 4) is 0 Å². The zero-order chi connectivity index (χ0) is 17.5. The first-order valence-electron chi connectivity index (χ1n) is 7.70. The molecule has 0 radical (unpaired) electrons. The van der Waals surface area contributed by atoms with E-state index in [4.69, 9.17) is 10.5 Å². The van der Waals surface area contributed by atoms with Gasteiger partial charge in [-0.15, -0.1) is 0 Å². The molecule has 3 N–H and O–H groups in total. The number of nitrogens with one attached hydrogen (secondary N) is 1. The van der Waals surface area contributed by atoms with Gasteiger partial charge in [0.25, 0.3) is 0 Å². The van der Waals surface area contributed by atoms with Crippen LogP contribution in [0.2, 0.25) is 0 Å². The van der Waals surface area contributed by atoms with Gasteiger partial charge in [0.15, 0.2) is 0 Å². The second-order valence-electron chi connectivity index (χ2n) is 5.24. The molecule has 0 aliphatic rings. The summed E-state index contributed by atoms with van der Waals surface area (Å²) >= 11 is 1.02. The molecule has 24 heavy (non-hydrogen) atoms. The molecule has 0 amide bonds. The number of carbonyl (C=O) groups is 2. The van der Waals surface area contributed by atoms with Crippen molar-refractivity contribution in [3.63, 3.8) is 0 Å². The van der Waals surface area contributed by atoms with Gasteiger partial charge in [-0.05, 0) is 25.0 Å². The predicted octanol–water partition coefficient (Wildman–Crippen LogP) is 1.61. The number of aromatic amines is 1. The van der Waals surface area contributed by atoms with Gasteiger partial charge in [-0.3, -0.25) is 14.4 Å². The van der Waals surface area contributed by atoms with E-state index in [0.717, 1.165) is 28.2 Å². The number of benzene rings is 1. The van der Waals surface area contributed by atoms with Crippen molar-refractivity contribution in [1.82, 2.24) is 4.98 Å². The summed E-state index contributed by atoms with van der Waals surface area (Å²) in [6, 6.07) is 8.12. The number of H-pyrrole nitrogens is 1. The second-order valence-corrected chi connectivity index (χ2v) is 6.34. The minimum atomic E-state index is -0.734.